The molecule has 90 valence electrons. The van der Waals surface area contributed by atoms with Gasteiger partial charge in [0.15, 0.2) is 0 Å². The van der Waals surface area contributed by atoms with Crippen LogP contribution < -0.4 is 10.6 Å². The molecule has 0 saturated carbocycles. The Morgan fingerprint density at radius 2 is 1.56 bits per heavy atom. The molecule has 0 unspecified atom stereocenters. The van der Waals surface area contributed by atoms with Crippen molar-refractivity contribution in [2.75, 3.05) is 0 Å². The van der Waals surface area contributed by atoms with Gasteiger partial charge in [-0.25, -0.2) is 0 Å². The first-order valence-electron chi connectivity index (χ1n) is 5.45. The van der Waals surface area contributed by atoms with Gasteiger partial charge in [-0.15, -0.1) is 0 Å². The number of rotatable bonds is 4. The van der Waals surface area contributed by atoms with Crippen LogP contribution in [-0.4, -0.2) is 23.0 Å². The molecule has 0 radical (unpaired) electrons. The van der Waals surface area contributed by atoms with Crippen LogP contribution in [0.3, 0.4) is 0 Å². The maximum absolute atomic E-state index is 11.9. The topological polar surface area (TPSA) is 90.8 Å². The molecule has 16 heavy (non-hydrogen) atoms. The van der Waals surface area contributed by atoms with E-state index in [0.717, 1.165) is 12.8 Å². The Bertz CT molecular complexity index is 297. The molecule has 2 amide bonds. The van der Waals surface area contributed by atoms with Crippen LogP contribution in [0.5, 0.6) is 0 Å². The lowest BCUT2D eigenvalue weighted by atomic mass is 9.76. The van der Waals surface area contributed by atoms with Crippen LogP contribution in [0.2, 0.25) is 0 Å². The van der Waals surface area contributed by atoms with Gasteiger partial charge in [0.1, 0.15) is 5.41 Å². The summed E-state index contributed by atoms with van der Waals surface area (Å²) in [4.78, 5) is 23.8. The smallest absolute Gasteiger partial charge is 0.246 e. The number of oxime groups is 1. The second-order valence-corrected chi connectivity index (χ2v) is 3.94. The van der Waals surface area contributed by atoms with E-state index >= 15 is 0 Å². The van der Waals surface area contributed by atoms with Crippen molar-refractivity contribution < 1.29 is 14.8 Å². The SMILES string of the molecule is CCCC1(CCC)C(=O)NC(=NO)NC1=O. The first kappa shape index (κ1) is 12.5. The molecule has 3 N–H and O–H groups in total. The number of hydrogen-bond donors (Lipinski definition) is 3. The fraction of sp³-hybridized carbons (Fsp3) is 0.700. The van der Waals surface area contributed by atoms with Crippen LogP contribution in [0.15, 0.2) is 5.16 Å². The van der Waals surface area contributed by atoms with Gasteiger partial charge in [-0.1, -0.05) is 31.8 Å². The highest BCUT2D eigenvalue weighted by atomic mass is 16.4. The Labute approximate surface area is 94.1 Å². The van der Waals surface area contributed by atoms with Crippen LogP contribution in [-0.2, 0) is 9.59 Å². The highest BCUT2D eigenvalue weighted by molar-refractivity contribution is 6.20. The van der Waals surface area contributed by atoms with Gasteiger partial charge < -0.3 is 5.21 Å². The average Bonchev–Trinajstić information content (AvgIpc) is 2.25. The maximum Gasteiger partial charge on any atom is 0.246 e. The lowest BCUT2D eigenvalue weighted by Gasteiger charge is -2.34. The van der Waals surface area contributed by atoms with Gasteiger partial charge in [-0.05, 0) is 12.8 Å². The summed E-state index contributed by atoms with van der Waals surface area (Å²) in [6.07, 6.45) is 2.48. The summed E-state index contributed by atoms with van der Waals surface area (Å²) in [5, 5.41) is 16.1. The number of nitrogens with zero attached hydrogens (tertiary/aromatic N) is 1. The van der Waals surface area contributed by atoms with E-state index < -0.39 is 5.41 Å². The summed E-state index contributed by atoms with van der Waals surface area (Å²) in [5.41, 5.74) is -1.02. The van der Waals surface area contributed by atoms with Crippen molar-refractivity contribution >= 4 is 17.8 Å². The monoisotopic (exact) mass is 227 g/mol. The molecule has 0 aromatic rings. The standard InChI is InChI=1S/C10H17N3O3/c1-3-5-10(6-4-2)7(14)11-9(13-16)12-8(10)15/h16H,3-6H2,1-2H3,(H2,11,12,13,14,15). The molecule has 1 aliphatic rings. The van der Waals surface area contributed by atoms with Gasteiger partial charge in [0.05, 0.1) is 0 Å². The molecule has 1 fully saturated rings. The minimum absolute atomic E-state index is 0.196. The molecule has 0 spiro atoms. The zero-order valence-corrected chi connectivity index (χ0v) is 9.54. The largest absolute Gasteiger partial charge is 0.408 e. The number of hydrogen-bond acceptors (Lipinski definition) is 4. The molecule has 1 heterocycles. The first-order valence-corrected chi connectivity index (χ1v) is 5.45. The number of guanidine groups is 1. The normalized spacial score (nSPS) is 19.0. The molecule has 0 aromatic heterocycles. The van der Waals surface area contributed by atoms with Crippen molar-refractivity contribution in [2.45, 2.75) is 39.5 Å². The fourth-order valence-electron chi connectivity index (χ4n) is 2.07. The zero-order valence-electron chi connectivity index (χ0n) is 9.54. The summed E-state index contributed by atoms with van der Waals surface area (Å²) in [7, 11) is 0. The lowest BCUT2D eigenvalue weighted by molar-refractivity contribution is -0.145. The van der Waals surface area contributed by atoms with Crippen molar-refractivity contribution in [1.29, 1.82) is 0 Å². The predicted octanol–water partition coefficient (Wildman–Crippen LogP) is 0.564. The van der Waals surface area contributed by atoms with Crippen LogP contribution >= 0.6 is 0 Å². The summed E-state index contributed by atoms with van der Waals surface area (Å²) in [5.74, 6) is -0.960. The van der Waals surface area contributed by atoms with Gasteiger partial charge in [0, 0.05) is 0 Å². The number of carbonyl (C=O) groups is 2. The molecule has 0 bridgehead atoms. The van der Waals surface area contributed by atoms with Crippen molar-refractivity contribution in [3.8, 4) is 0 Å². The summed E-state index contributed by atoms with van der Waals surface area (Å²) in [6, 6.07) is 0. The molecule has 1 rings (SSSR count). The van der Waals surface area contributed by atoms with Crippen molar-refractivity contribution in [2.24, 2.45) is 10.6 Å². The Hall–Kier alpha value is -1.59. The third-order valence-electron chi connectivity index (χ3n) is 2.79. The molecular weight excluding hydrogens is 210 g/mol. The molecular formula is C10H17N3O3. The molecule has 1 saturated heterocycles. The van der Waals surface area contributed by atoms with E-state index in [1.807, 2.05) is 13.8 Å². The second-order valence-electron chi connectivity index (χ2n) is 3.94. The summed E-state index contributed by atoms with van der Waals surface area (Å²) < 4.78 is 0. The quantitative estimate of drug-likeness (QED) is 0.372. The lowest BCUT2D eigenvalue weighted by Crippen LogP contribution is -2.62. The molecule has 1 aliphatic heterocycles. The molecule has 0 aliphatic carbocycles. The molecule has 0 atom stereocenters. The third-order valence-corrected chi connectivity index (χ3v) is 2.79. The zero-order chi connectivity index (χ0) is 12.2. The van der Waals surface area contributed by atoms with Gasteiger partial charge in [-0.3, -0.25) is 20.2 Å². The number of carbonyl (C=O) groups excluding carboxylic acids is 2. The van der Waals surface area contributed by atoms with E-state index in [9.17, 15) is 9.59 Å². The average molecular weight is 227 g/mol. The van der Waals surface area contributed by atoms with Crippen LogP contribution in [0.25, 0.3) is 0 Å². The van der Waals surface area contributed by atoms with Gasteiger partial charge in [0.25, 0.3) is 0 Å². The van der Waals surface area contributed by atoms with Crippen LogP contribution in [0.4, 0.5) is 0 Å². The van der Waals surface area contributed by atoms with E-state index in [1.54, 1.807) is 0 Å². The Balaban J connectivity index is 2.99. The molecule has 0 aromatic carbocycles. The second kappa shape index (κ2) is 4.96. The van der Waals surface area contributed by atoms with Crippen molar-refractivity contribution in [3.63, 3.8) is 0 Å². The maximum atomic E-state index is 11.9. The van der Waals surface area contributed by atoms with E-state index in [4.69, 9.17) is 5.21 Å². The van der Waals surface area contributed by atoms with E-state index in [0.29, 0.717) is 12.8 Å². The summed E-state index contributed by atoms with van der Waals surface area (Å²) >= 11 is 0. The van der Waals surface area contributed by atoms with Crippen LogP contribution in [0, 0.1) is 5.41 Å². The minimum atomic E-state index is -1.02. The Morgan fingerprint density at radius 3 is 1.88 bits per heavy atom. The van der Waals surface area contributed by atoms with Gasteiger partial charge in [-0.2, -0.15) is 0 Å². The molecule has 6 nitrogen and oxygen atoms in total. The highest BCUT2D eigenvalue weighted by Crippen LogP contribution is 2.32. The summed E-state index contributed by atoms with van der Waals surface area (Å²) in [6.45, 7) is 3.85. The van der Waals surface area contributed by atoms with Crippen molar-refractivity contribution in [3.05, 3.63) is 0 Å². The highest BCUT2D eigenvalue weighted by Gasteiger charge is 2.48. The van der Waals surface area contributed by atoms with E-state index in [2.05, 4.69) is 15.8 Å². The Morgan fingerprint density at radius 1 is 1.12 bits per heavy atom. The minimum Gasteiger partial charge on any atom is -0.408 e. The number of nitrogens with one attached hydrogen (secondary N) is 2. The molecule has 6 heteroatoms. The predicted molar refractivity (Wildman–Crippen MR) is 57.8 cm³/mol. The first-order chi connectivity index (χ1) is 7.60. The number of amides is 2. The van der Waals surface area contributed by atoms with Gasteiger partial charge >= 0.3 is 0 Å². The fourth-order valence-corrected chi connectivity index (χ4v) is 2.07. The van der Waals surface area contributed by atoms with Crippen LogP contribution in [0.1, 0.15) is 39.5 Å². The third kappa shape index (κ3) is 2.00. The van der Waals surface area contributed by atoms with Gasteiger partial charge in [0.2, 0.25) is 17.8 Å². The van der Waals surface area contributed by atoms with E-state index in [-0.39, 0.29) is 17.8 Å². The Kier molecular flexibility index (Phi) is 3.87. The van der Waals surface area contributed by atoms with E-state index in [1.165, 1.54) is 0 Å². The van der Waals surface area contributed by atoms with Crippen molar-refractivity contribution in [1.82, 2.24) is 10.6 Å².